The summed E-state index contributed by atoms with van der Waals surface area (Å²) in [6, 6.07) is 3.94. The summed E-state index contributed by atoms with van der Waals surface area (Å²) < 4.78 is 3.52. The predicted octanol–water partition coefficient (Wildman–Crippen LogP) is 1.47. The number of nitrogens with zero attached hydrogens (tertiary/aromatic N) is 7. The van der Waals surface area contributed by atoms with Crippen LogP contribution >= 0.6 is 0 Å². The molecular weight excluding hydrogens is 266 g/mol. The van der Waals surface area contributed by atoms with Crippen LogP contribution in [-0.2, 0) is 20.0 Å². The smallest absolute Gasteiger partial charge is 0.218 e. The number of hydrogen-bond acceptors (Lipinski definition) is 5. The lowest BCUT2D eigenvalue weighted by Crippen LogP contribution is -2.05. The maximum atomic E-state index is 4.58. The van der Waals surface area contributed by atoms with E-state index in [2.05, 4.69) is 32.1 Å². The van der Waals surface area contributed by atoms with E-state index in [9.17, 15) is 0 Å². The lowest BCUT2D eigenvalue weighted by molar-refractivity contribution is 0.669. The highest BCUT2D eigenvalue weighted by molar-refractivity contribution is 5.42. The van der Waals surface area contributed by atoms with E-state index in [1.54, 1.807) is 23.4 Å². The van der Waals surface area contributed by atoms with Crippen molar-refractivity contribution in [1.82, 2.24) is 34.5 Å². The molecule has 0 fully saturated rings. The number of hydrogen-bond donors (Lipinski definition) is 0. The zero-order valence-electron chi connectivity index (χ0n) is 12.1. The van der Waals surface area contributed by atoms with E-state index in [4.69, 9.17) is 0 Å². The van der Waals surface area contributed by atoms with E-state index in [0.717, 1.165) is 24.2 Å². The Morgan fingerprint density at radius 3 is 2.62 bits per heavy atom. The summed E-state index contributed by atoms with van der Waals surface area (Å²) in [7, 11) is 1.84. The molecule has 0 atom stereocenters. The molecule has 0 aromatic carbocycles. The molecule has 7 heteroatoms. The number of rotatable bonds is 5. The molecule has 3 aromatic rings. The normalized spacial score (nSPS) is 11.0. The number of aromatic nitrogens is 7. The van der Waals surface area contributed by atoms with Crippen molar-refractivity contribution in [3.63, 3.8) is 0 Å². The van der Waals surface area contributed by atoms with Gasteiger partial charge in [-0.15, -0.1) is 5.10 Å². The molecular formula is C14H17N7. The minimum Gasteiger partial charge on any atom is -0.265 e. The molecule has 21 heavy (non-hydrogen) atoms. The van der Waals surface area contributed by atoms with Gasteiger partial charge in [0.25, 0.3) is 0 Å². The lowest BCUT2D eigenvalue weighted by atomic mass is 10.3. The van der Waals surface area contributed by atoms with Crippen molar-refractivity contribution in [1.29, 1.82) is 0 Å². The molecule has 0 saturated heterocycles. The predicted molar refractivity (Wildman–Crippen MR) is 77.4 cm³/mol. The van der Waals surface area contributed by atoms with E-state index in [1.165, 1.54) is 0 Å². The third-order valence-corrected chi connectivity index (χ3v) is 3.07. The second-order valence-corrected chi connectivity index (χ2v) is 4.86. The molecule has 0 aliphatic carbocycles. The summed E-state index contributed by atoms with van der Waals surface area (Å²) in [5.74, 6) is 2.13. The first-order valence-corrected chi connectivity index (χ1v) is 6.95. The molecule has 0 radical (unpaired) electrons. The van der Waals surface area contributed by atoms with Gasteiger partial charge in [-0.1, -0.05) is 6.92 Å². The summed E-state index contributed by atoms with van der Waals surface area (Å²) in [6.45, 7) is 2.75. The lowest BCUT2D eigenvalue weighted by Gasteiger charge is -2.03. The van der Waals surface area contributed by atoms with Crippen molar-refractivity contribution < 1.29 is 0 Å². The van der Waals surface area contributed by atoms with Crippen molar-refractivity contribution in [2.45, 2.75) is 26.3 Å². The zero-order valence-corrected chi connectivity index (χ0v) is 12.1. The van der Waals surface area contributed by atoms with Gasteiger partial charge in [0.2, 0.25) is 5.82 Å². The molecule has 0 unspecified atom stereocenters. The molecule has 0 bridgehead atoms. The van der Waals surface area contributed by atoms with Crippen molar-refractivity contribution in [2.24, 2.45) is 7.05 Å². The second kappa shape index (κ2) is 5.82. The Balaban J connectivity index is 1.97. The summed E-state index contributed by atoms with van der Waals surface area (Å²) in [4.78, 5) is 12.9. The van der Waals surface area contributed by atoms with Crippen LogP contribution in [-0.4, -0.2) is 34.5 Å². The molecule has 0 N–H and O–H groups in total. The summed E-state index contributed by atoms with van der Waals surface area (Å²) in [6.07, 6.45) is 7.08. The second-order valence-electron chi connectivity index (χ2n) is 4.86. The van der Waals surface area contributed by atoms with Gasteiger partial charge in [-0.3, -0.25) is 9.67 Å². The van der Waals surface area contributed by atoms with Gasteiger partial charge < -0.3 is 0 Å². The average Bonchev–Trinajstić information content (AvgIpc) is 3.07. The van der Waals surface area contributed by atoms with Crippen LogP contribution in [0.3, 0.4) is 0 Å². The first kappa shape index (κ1) is 13.4. The maximum absolute atomic E-state index is 4.58. The Morgan fingerprint density at radius 2 is 1.95 bits per heavy atom. The van der Waals surface area contributed by atoms with Crippen LogP contribution in [0, 0.1) is 0 Å². The van der Waals surface area contributed by atoms with Gasteiger partial charge >= 0.3 is 0 Å². The fraction of sp³-hybridized carbons (Fsp3) is 0.357. The molecule has 3 rings (SSSR count). The maximum Gasteiger partial charge on any atom is 0.218 e. The molecule has 108 valence electrons. The molecule has 0 amide bonds. The van der Waals surface area contributed by atoms with E-state index in [1.807, 2.05) is 23.9 Å². The fourth-order valence-electron chi connectivity index (χ4n) is 2.10. The zero-order chi connectivity index (χ0) is 14.7. The quantitative estimate of drug-likeness (QED) is 0.709. The van der Waals surface area contributed by atoms with E-state index in [0.29, 0.717) is 18.2 Å². The average molecular weight is 283 g/mol. The van der Waals surface area contributed by atoms with Crippen LogP contribution in [0.4, 0.5) is 0 Å². The van der Waals surface area contributed by atoms with Crippen molar-refractivity contribution in [3.05, 3.63) is 42.2 Å². The van der Waals surface area contributed by atoms with Gasteiger partial charge in [0.05, 0.1) is 6.54 Å². The Morgan fingerprint density at radius 1 is 1.14 bits per heavy atom. The number of pyridine rings is 1. The first-order valence-electron chi connectivity index (χ1n) is 6.95. The van der Waals surface area contributed by atoms with Crippen molar-refractivity contribution in [3.8, 4) is 11.6 Å². The van der Waals surface area contributed by atoms with Gasteiger partial charge in [-0.2, -0.15) is 5.10 Å². The minimum atomic E-state index is 0.599. The minimum absolute atomic E-state index is 0.599. The van der Waals surface area contributed by atoms with Crippen LogP contribution in [0.5, 0.6) is 0 Å². The largest absolute Gasteiger partial charge is 0.265 e. The molecule has 0 saturated carbocycles. The Labute approximate surface area is 122 Å². The van der Waals surface area contributed by atoms with Crippen LogP contribution in [0.25, 0.3) is 11.6 Å². The van der Waals surface area contributed by atoms with E-state index in [-0.39, 0.29) is 0 Å². The molecule has 3 heterocycles. The monoisotopic (exact) mass is 283 g/mol. The molecule has 0 aliphatic rings. The van der Waals surface area contributed by atoms with Crippen LogP contribution in [0.2, 0.25) is 0 Å². The molecule has 0 aliphatic heterocycles. The summed E-state index contributed by atoms with van der Waals surface area (Å²) in [5, 5.41) is 8.90. The van der Waals surface area contributed by atoms with Gasteiger partial charge in [0.15, 0.2) is 11.6 Å². The van der Waals surface area contributed by atoms with Crippen LogP contribution in [0.15, 0.2) is 30.9 Å². The third-order valence-electron chi connectivity index (χ3n) is 3.07. The molecule has 7 nitrogen and oxygen atoms in total. The van der Waals surface area contributed by atoms with Crippen molar-refractivity contribution in [2.75, 3.05) is 0 Å². The standard InChI is InChI=1S/C14H17N7/c1-3-4-12-17-14(13-16-10-20(2)19-13)21(18-12)9-11-5-7-15-8-6-11/h5-8,10H,3-4,9H2,1-2H3. The van der Waals surface area contributed by atoms with E-state index >= 15 is 0 Å². The Bertz CT molecular complexity index is 714. The Kier molecular flexibility index (Phi) is 3.72. The van der Waals surface area contributed by atoms with Crippen LogP contribution in [0.1, 0.15) is 24.7 Å². The SMILES string of the molecule is CCCc1nc(-c2ncn(C)n2)n(Cc2ccncc2)n1. The Hall–Kier alpha value is -2.57. The molecule has 3 aromatic heterocycles. The molecule has 0 spiro atoms. The van der Waals surface area contributed by atoms with Gasteiger partial charge in [-0.05, 0) is 24.1 Å². The topological polar surface area (TPSA) is 74.3 Å². The highest BCUT2D eigenvalue weighted by Gasteiger charge is 2.15. The van der Waals surface area contributed by atoms with Crippen LogP contribution < -0.4 is 0 Å². The highest BCUT2D eigenvalue weighted by Crippen LogP contribution is 2.14. The highest BCUT2D eigenvalue weighted by atomic mass is 15.4. The number of aryl methyl sites for hydroxylation is 2. The summed E-state index contributed by atoms with van der Waals surface area (Å²) >= 11 is 0. The third kappa shape index (κ3) is 2.96. The fourth-order valence-corrected chi connectivity index (χ4v) is 2.10. The van der Waals surface area contributed by atoms with Gasteiger partial charge in [-0.25, -0.2) is 14.6 Å². The van der Waals surface area contributed by atoms with Gasteiger partial charge in [0.1, 0.15) is 6.33 Å². The van der Waals surface area contributed by atoms with Gasteiger partial charge in [0, 0.05) is 25.9 Å². The van der Waals surface area contributed by atoms with E-state index < -0.39 is 0 Å². The van der Waals surface area contributed by atoms with Crippen molar-refractivity contribution >= 4 is 0 Å². The summed E-state index contributed by atoms with van der Waals surface area (Å²) in [5.41, 5.74) is 1.12. The first-order chi connectivity index (χ1) is 10.3.